The molecule has 1 unspecified atom stereocenters. The normalized spacial score (nSPS) is 12.6. The lowest BCUT2D eigenvalue weighted by Crippen LogP contribution is -2.05. The SMILES string of the molecule is CC(=O)Nc1nc2cc(S(=O)O)ccc2o1. The van der Waals surface area contributed by atoms with Crippen LogP contribution in [0, 0.1) is 0 Å². The minimum atomic E-state index is -2.06. The van der Waals surface area contributed by atoms with E-state index in [4.69, 9.17) is 8.97 Å². The number of anilines is 1. The van der Waals surface area contributed by atoms with Crippen LogP contribution in [0.15, 0.2) is 27.5 Å². The first-order valence-electron chi connectivity index (χ1n) is 4.35. The molecular formula is C9H8N2O4S. The maximum Gasteiger partial charge on any atom is 0.302 e. The molecule has 7 heteroatoms. The molecule has 0 aliphatic heterocycles. The van der Waals surface area contributed by atoms with Gasteiger partial charge in [-0.2, -0.15) is 4.98 Å². The van der Waals surface area contributed by atoms with Gasteiger partial charge in [0.25, 0.3) is 0 Å². The molecule has 1 atom stereocenters. The number of nitrogens with one attached hydrogen (secondary N) is 1. The Balaban J connectivity index is 2.45. The molecule has 6 nitrogen and oxygen atoms in total. The van der Waals surface area contributed by atoms with Crippen LogP contribution in [0.4, 0.5) is 6.01 Å². The molecule has 16 heavy (non-hydrogen) atoms. The zero-order valence-electron chi connectivity index (χ0n) is 8.26. The Kier molecular flexibility index (Phi) is 2.71. The molecule has 0 bridgehead atoms. The number of fused-ring (bicyclic) bond motifs is 1. The summed E-state index contributed by atoms with van der Waals surface area (Å²) in [4.78, 5) is 14.9. The summed E-state index contributed by atoms with van der Waals surface area (Å²) in [6, 6.07) is 4.49. The Morgan fingerprint density at radius 2 is 2.31 bits per heavy atom. The van der Waals surface area contributed by atoms with Gasteiger partial charge in [-0.15, -0.1) is 0 Å². The summed E-state index contributed by atoms with van der Waals surface area (Å²) in [7, 11) is 0. The van der Waals surface area contributed by atoms with Gasteiger partial charge in [0.05, 0.1) is 4.90 Å². The Bertz CT molecular complexity index is 578. The molecule has 0 radical (unpaired) electrons. The topological polar surface area (TPSA) is 92.4 Å². The predicted molar refractivity (Wildman–Crippen MR) is 57.3 cm³/mol. The fraction of sp³-hybridized carbons (Fsp3) is 0.111. The van der Waals surface area contributed by atoms with Gasteiger partial charge >= 0.3 is 6.01 Å². The van der Waals surface area contributed by atoms with E-state index in [9.17, 15) is 9.00 Å². The molecule has 0 fully saturated rings. The molecule has 0 spiro atoms. The van der Waals surface area contributed by atoms with Crippen molar-refractivity contribution in [1.29, 1.82) is 0 Å². The second kappa shape index (κ2) is 4.03. The first kappa shape index (κ1) is 10.8. The van der Waals surface area contributed by atoms with Crippen LogP contribution >= 0.6 is 0 Å². The van der Waals surface area contributed by atoms with Crippen LogP contribution in [-0.4, -0.2) is 19.7 Å². The summed E-state index contributed by atoms with van der Waals surface area (Å²) in [5.41, 5.74) is 0.863. The van der Waals surface area contributed by atoms with Crippen molar-refractivity contribution >= 4 is 34.1 Å². The second-order valence-corrected chi connectivity index (χ2v) is 4.05. The van der Waals surface area contributed by atoms with Crippen molar-refractivity contribution < 1.29 is 18.0 Å². The van der Waals surface area contributed by atoms with E-state index in [-0.39, 0.29) is 16.8 Å². The summed E-state index contributed by atoms with van der Waals surface area (Å²) in [6.45, 7) is 1.34. The molecule has 1 amide bonds. The lowest BCUT2D eigenvalue weighted by Gasteiger charge is -1.91. The fourth-order valence-corrected chi connectivity index (χ4v) is 1.62. The van der Waals surface area contributed by atoms with Crippen molar-refractivity contribution in [3.63, 3.8) is 0 Å². The van der Waals surface area contributed by atoms with Gasteiger partial charge in [0.2, 0.25) is 5.91 Å². The quantitative estimate of drug-likeness (QED) is 0.773. The molecule has 1 aromatic heterocycles. The van der Waals surface area contributed by atoms with Crippen LogP contribution in [0.5, 0.6) is 0 Å². The van der Waals surface area contributed by atoms with E-state index in [1.165, 1.54) is 25.1 Å². The van der Waals surface area contributed by atoms with Crippen molar-refractivity contribution in [2.45, 2.75) is 11.8 Å². The van der Waals surface area contributed by atoms with Gasteiger partial charge in [-0.05, 0) is 18.2 Å². The maximum absolute atomic E-state index is 10.8. The van der Waals surface area contributed by atoms with E-state index < -0.39 is 11.1 Å². The fourth-order valence-electron chi connectivity index (χ4n) is 1.22. The molecule has 2 rings (SSSR count). The summed E-state index contributed by atoms with van der Waals surface area (Å²) in [6.07, 6.45) is 0. The predicted octanol–water partition coefficient (Wildman–Crippen LogP) is 1.37. The summed E-state index contributed by atoms with van der Waals surface area (Å²) in [5, 5.41) is 2.39. The first-order valence-corrected chi connectivity index (χ1v) is 5.46. The number of rotatable bonds is 2. The van der Waals surface area contributed by atoms with E-state index in [0.29, 0.717) is 11.1 Å². The number of nitrogens with zero attached hydrogens (tertiary/aromatic N) is 1. The summed E-state index contributed by atoms with van der Waals surface area (Å²) >= 11 is -2.06. The number of aromatic nitrogens is 1. The number of amides is 1. The molecule has 2 aromatic rings. The highest BCUT2D eigenvalue weighted by atomic mass is 32.2. The molecule has 0 saturated heterocycles. The van der Waals surface area contributed by atoms with Crippen LogP contribution in [0.25, 0.3) is 11.1 Å². The average molecular weight is 240 g/mol. The minimum Gasteiger partial charge on any atom is -0.423 e. The van der Waals surface area contributed by atoms with Gasteiger partial charge in [-0.25, -0.2) is 4.21 Å². The number of hydrogen-bond acceptors (Lipinski definition) is 4. The highest BCUT2D eigenvalue weighted by Gasteiger charge is 2.09. The lowest BCUT2D eigenvalue weighted by atomic mass is 10.3. The maximum atomic E-state index is 10.8. The molecule has 84 valence electrons. The molecular weight excluding hydrogens is 232 g/mol. The number of benzene rings is 1. The van der Waals surface area contributed by atoms with Gasteiger partial charge < -0.3 is 8.97 Å². The Labute approximate surface area is 92.9 Å². The van der Waals surface area contributed by atoms with Gasteiger partial charge in [0.1, 0.15) is 5.52 Å². The summed E-state index contributed by atoms with van der Waals surface area (Å²) < 4.78 is 24.9. The Hall–Kier alpha value is -1.73. The molecule has 0 aliphatic rings. The second-order valence-electron chi connectivity index (χ2n) is 3.08. The van der Waals surface area contributed by atoms with Gasteiger partial charge in [-0.3, -0.25) is 10.1 Å². The molecule has 1 heterocycles. The minimum absolute atomic E-state index is 0.0726. The Morgan fingerprint density at radius 1 is 1.56 bits per heavy atom. The van der Waals surface area contributed by atoms with Crippen molar-refractivity contribution in [3.8, 4) is 0 Å². The number of carbonyl (C=O) groups is 1. The van der Waals surface area contributed by atoms with Gasteiger partial charge in [-0.1, -0.05) is 0 Å². The van der Waals surface area contributed by atoms with Gasteiger partial charge in [0, 0.05) is 6.92 Å². The third kappa shape index (κ3) is 2.10. The van der Waals surface area contributed by atoms with E-state index in [0.717, 1.165) is 0 Å². The zero-order valence-corrected chi connectivity index (χ0v) is 9.08. The third-order valence-electron chi connectivity index (χ3n) is 1.84. The third-order valence-corrected chi connectivity index (χ3v) is 2.50. The molecule has 2 N–H and O–H groups in total. The number of carbonyl (C=O) groups excluding carboxylic acids is 1. The van der Waals surface area contributed by atoms with E-state index >= 15 is 0 Å². The Morgan fingerprint density at radius 3 is 2.94 bits per heavy atom. The lowest BCUT2D eigenvalue weighted by molar-refractivity contribution is -0.114. The van der Waals surface area contributed by atoms with Crippen LogP contribution < -0.4 is 5.32 Å². The standard InChI is InChI=1S/C9H8N2O4S/c1-5(12)10-9-11-7-4-6(16(13)14)2-3-8(7)15-9/h2-4H,1H3,(H,13,14)(H,10,11,12). The van der Waals surface area contributed by atoms with E-state index in [1.807, 2.05) is 0 Å². The van der Waals surface area contributed by atoms with E-state index in [1.54, 1.807) is 0 Å². The van der Waals surface area contributed by atoms with Crippen molar-refractivity contribution in [1.82, 2.24) is 4.98 Å². The number of hydrogen-bond donors (Lipinski definition) is 2. The highest BCUT2D eigenvalue weighted by molar-refractivity contribution is 7.79. The monoisotopic (exact) mass is 240 g/mol. The van der Waals surface area contributed by atoms with Crippen LogP contribution in [0.3, 0.4) is 0 Å². The van der Waals surface area contributed by atoms with Crippen LogP contribution in [-0.2, 0) is 15.9 Å². The van der Waals surface area contributed by atoms with Crippen molar-refractivity contribution in [2.24, 2.45) is 0 Å². The number of oxazole rings is 1. The van der Waals surface area contributed by atoms with Gasteiger partial charge in [0.15, 0.2) is 16.7 Å². The molecule has 0 aliphatic carbocycles. The largest absolute Gasteiger partial charge is 0.423 e. The van der Waals surface area contributed by atoms with Crippen LogP contribution in [0.2, 0.25) is 0 Å². The molecule has 1 aromatic carbocycles. The first-order chi connectivity index (χ1) is 7.56. The summed E-state index contributed by atoms with van der Waals surface area (Å²) in [5.74, 6) is -0.294. The smallest absolute Gasteiger partial charge is 0.302 e. The van der Waals surface area contributed by atoms with Crippen LogP contribution in [0.1, 0.15) is 6.92 Å². The molecule has 0 saturated carbocycles. The average Bonchev–Trinajstić information content (AvgIpc) is 2.56. The van der Waals surface area contributed by atoms with Crippen molar-refractivity contribution in [2.75, 3.05) is 5.32 Å². The van der Waals surface area contributed by atoms with Crippen molar-refractivity contribution in [3.05, 3.63) is 18.2 Å². The van der Waals surface area contributed by atoms with E-state index in [2.05, 4.69) is 10.3 Å². The highest BCUT2D eigenvalue weighted by Crippen LogP contribution is 2.21. The zero-order chi connectivity index (χ0) is 11.7.